The third kappa shape index (κ3) is 45.0. The van der Waals surface area contributed by atoms with Crippen LogP contribution < -0.4 is 27.4 Å². The molecule has 0 aromatic heterocycles. The largest absolute Gasteiger partial charge is 0.474 e. The fourth-order valence-corrected chi connectivity index (χ4v) is 8.51. The molecular weight excluding hydrogens is 882 g/mol. The fourth-order valence-electron chi connectivity index (χ4n) is 7.56. The molecule has 0 fully saturated rings. The van der Waals surface area contributed by atoms with Crippen molar-refractivity contribution in [3.63, 3.8) is 0 Å². The van der Waals surface area contributed by atoms with Crippen LogP contribution in [0.3, 0.4) is 0 Å². The molecule has 0 saturated heterocycles. The lowest BCUT2D eigenvalue weighted by Gasteiger charge is -2.22. The van der Waals surface area contributed by atoms with Crippen molar-refractivity contribution in [3.8, 4) is 0 Å². The maximum absolute atomic E-state index is 13.4. The van der Waals surface area contributed by atoms with Gasteiger partial charge in [-0.25, -0.2) is 4.57 Å². The Bertz CT molecular complexity index is 1260. The Kier molecular flexibility index (Phi) is 49.6. The summed E-state index contributed by atoms with van der Waals surface area (Å²) in [4.78, 5) is 38.8. The fraction of sp³-hybridized carbons (Fsp3) is 0.868. The summed E-state index contributed by atoms with van der Waals surface area (Å²) in [5.74, 6) is -1.04. The lowest BCUT2D eigenvalue weighted by molar-refractivity contribution is -0.161. The van der Waals surface area contributed by atoms with E-state index in [0.29, 0.717) is 38.9 Å². The van der Waals surface area contributed by atoms with Crippen LogP contribution in [0.2, 0.25) is 0 Å². The molecule has 0 rings (SSSR count). The molecule has 68 heavy (non-hydrogen) atoms. The summed E-state index contributed by atoms with van der Waals surface area (Å²) < 4.78 is 40.9. The number of unbranched alkanes of at least 4 members (excludes halogenated alkanes) is 22. The molecule has 3 unspecified atom stereocenters. The molecule has 3 atom stereocenters. The Balaban J connectivity index is 4.93. The van der Waals surface area contributed by atoms with Crippen LogP contribution in [0.4, 0.5) is 0 Å². The van der Waals surface area contributed by atoms with Gasteiger partial charge in [0.05, 0.1) is 19.3 Å². The highest BCUT2D eigenvalue weighted by Gasteiger charge is 2.29. The monoisotopic (exact) mass is 986 g/mol. The number of nitrogens with one attached hydrogen (secondary N) is 3. The molecule has 1 amide bonds. The van der Waals surface area contributed by atoms with Crippen LogP contribution >= 0.6 is 7.82 Å². The Hall–Kier alpha value is -2.16. The van der Waals surface area contributed by atoms with Crippen molar-refractivity contribution in [2.45, 2.75) is 231 Å². The predicted octanol–water partition coefficient (Wildman–Crippen LogP) is 11.4. The molecule has 0 bridgehead atoms. The van der Waals surface area contributed by atoms with Crippen LogP contribution in [0.15, 0.2) is 24.3 Å². The van der Waals surface area contributed by atoms with E-state index in [-0.39, 0.29) is 51.1 Å². The van der Waals surface area contributed by atoms with E-state index < -0.39 is 25.9 Å². The van der Waals surface area contributed by atoms with Crippen molar-refractivity contribution in [3.05, 3.63) is 24.3 Å². The number of amides is 1. The first kappa shape index (κ1) is 65.8. The van der Waals surface area contributed by atoms with Crippen molar-refractivity contribution in [1.82, 2.24) is 16.0 Å². The van der Waals surface area contributed by atoms with E-state index in [9.17, 15) is 18.9 Å². The van der Waals surface area contributed by atoms with Crippen LogP contribution in [0.5, 0.6) is 0 Å². The average Bonchev–Trinajstić information content (AvgIpc) is 3.34. The minimum absolute atomic E-state index is 0.0572. The Morgan fingerprint density at radius 3 is 1.53 bits per heavy atom. The van der Waals surface area contributed by atoms with Gasteiger partial charge in [-0.15, -0.1) is 0 Å². The molecular formula is C53H104N5O9P. The summed E-state index contributed by atoms with van der Waals surface area (Å²) >= 11 is 0. The van der Waals surface area contributed by atoms with Crippen LogP contribution in [0, 0.1) is 0 Å². The van der Waals surface area contributed by atoms with Crippen molar-refractivity contribution in [2.75, 3.05) is 66.2 Å². The van der Waals surface area contributed by atoms with Crippen molar-refractivity contribution in [2.24, 2.45) is 11.5 Å². The third-order valence-corrected chi connectivity index (χ3v) is 13.2. The van der Waals surface area contributed by atoms with Crippen LogP contribution in [-0.4, -0.2) is 96.2 Å². The van der Waals surface area contributed by atoms with E-state index in [0.717, 1.165) is 103 Å². The molecule has 0 aliphatic heterocycles. The van der Waals surface area contributed by atoms with E-state index in [1.54, 1.807) is 0 Å². The molecule has 0 aliphatic rings. The number of esters is 2. The zero-order valence-corrected chi connectivity index (χ0v) is 44.6. The summed E-state index contributed by atoms with van der Waals surface area (Å²) in [5, 5.41) is 9.43. The zero-order chi connectivity index (χ0) is 49.9. The zero-order valence-electron chi connectivity index (χ0n) is 43.7. The number of nitrogens with two attached hydrogens (primary N) is 2. The molecule has 0 aromatic rings. The first-order valence-corrected chi connectivity index (χ1v) is 28.9. The van der Waals surface area contributed by atoms with Gasteiger partial charge in [0, 0.05) is 26.5 Å². The van der Waals surface area contributed by atoms with Gasteiger partial charge < -0.3 is 36.9 Å². The van der Waals surface area contributed by atoms with Gasteiger partial charge in [-0.1, -0.05) is 141 Å². The minimum Gasteiger partial charge on any atom is -0.462 e. The third-order valence-electron chi connectivity index (χ3n) is 11.8. The number of carbonyl (C=O) groups excluding carboxylic acids is 3. The highest BCUT2D eigenvalue weighted by atomic mass is 31.2. The number of ether oxygens (including phenoxy) is 2. The van der Waals surface area contributed by atoms with Gasteiger partial charge in [0.2, 0.25) is 5.91 Å². The summed E-state index contributed by atoms with van der Waals surface area (Å²) in [6.45, 7) is 7.13. The number of allylic oxidation sites excluding steroid dienone is 4. The first-order valence-electron chi connectivity index (χ1n) is 27.5. The SMILES string of the molecule is CCCCCCCCC=CCCCCCCCC(=O)OCC(COP(=O)(OC)OCCNC(=O)C(CCCNCCCN)NCCCN)OC(=O)CCCCCCCC=CCCCCCCCC. The maximum Gasteiger partial charge on any atom is 0.474 e. The topological polar surface area (TPSA) is 203 Å². The predicted molar refractivity (Wildman–Crippen MR) is 281 cm³/mol. The minimum atomic E-state index is -4.12. The summed E-state index contributed by atoms with van der Waals surface area (Å²) in [7, 11) is -2.93. The van der Waals surface area contributed by atoms with E-state index in [1.165, 1.54) is 90.6 Å². The molecule has 14 nitrogen and oxygen atoms in total. The van der Waals surface area contributed by atoms with E-state index in [2.05, 4.69) is 54.1 Å². The van der Waals surface area contributed by atoms with Gasteiger partial charge in [-0.2, -0.15) is 0 Å². The molecule has 7 N–H and O–H groups in total. The second-order valence-corrected chi connectivity index (χ2v) is 20.0. The standard InChI is InChI=1S/C53H104N5O9P/c1-4-6-8-10-12-14-16-18-20-22-24-26-28-30-32-38-51(59)64-47-49(67-52(60)39-33-31-29-27-25-23-21-19-17-15-13-11-9-7-5-2)48-66-68(62,63-3)65-46-45-58-53(61)50(57-44-36-41-55)37-34-42-56-43-35-40-54/h18-21,49-50,56-57H,4-17,22-48,54-55H2,1-3H3,(H,58,61). The number of hydrogen-bond acceptors (Lipinski definition) is 13. The van der Waals surface area contributed by atoms with Crippen LogP contribution in [0.25, 0.3) is 0 Å². The van der Waals surface area contributed by atoms with Crippen LogP contribution in [-0.2, 0) is 42.0 Å². The van der Waals surface area contributed by atoms with E-state index >= 15 is 0 Å². The summed E-state index contributed by atoms with van der Waals surface area (Å²) in [5.41, 5.74) is 11.2. The van der Waals surface area contributed by atoms with Crippen LogP contribution in [0.1, 0.15) is 219 Å². The molecule has 0 saturated carbocycles. The molecule has 15 heteroatoms. The Morgan fingerprint density at radius 1 is 0.544 bits per heavy atom. The first-order chi connectivity index (χ1) is 33.2. The van der Waals surface area contributed by atoms with Gasteiger partial charge in [0.15, 0.2) is 6.10 Å². The highest BCUT2D eigenvalue weighted by molar-refractivity contribution is 7.48. The summed E-state index contributed by atoms with van der Waals surface area (Å²) in [6.07, 6.45) is 41.9. The molecule has 0 heterocycles. The normalized spacial score (nSPS) is 13.5. The van der Waals surface area contributed by atoms with Gasteiger partial charge in [0.1, 0.15) is 6.61 Å². The van der Waals surface area contributed by atoms with Crippen molar-refractivity contribution in [1.29, 1.82) is 0 Å². The maximum atomic E-state index is 13.4. The quantitative estimate of drug-likeness (QED) is 0.0167. The molecule has 400 valence electrons. The number of phosphoric ester groups is 1. The number of rotatable bonds is 53. The molecule has 0 radical (unpaired) electrons. The van der Waals surface area contributed by atoms with Crippen molar-refractivity contribution >= 4 is 25.7 Å². The van der Waals surface area contributed by atoms with Gasteiger partial charge in [-0.05, 0) is 123 Å². The molecule has 0 aromatic carbocycles. The number of hydrogen-bond donors (Lipinski definition) is 5. The summed E-state index contributed by atoms with van der Waals surface area (Å²) in [6, 6.07) is -0.426. The Morgan fingerprint density at radius 2 is 1.01 bits per heavy atom. The Labute approximate surface area is 415 Å². The van der Waals surface area contributed by atoms with Gasteiger partial charge in [-0.3, -0.25) is 28.0 Å². The highest BCUT2D eigenvalue weighted by Crippen LogP contribution is 2.48. The lowest BCUT2D eigenvalue weighted by atomic mass is 10.1. The molecule has 0 spiro atoms. The van der Waals surface area contributed by atoms with E-state index in [4.69, 9.17) is 34.5 Å². The lowest BCUT2D eigenvalue weighted by Crippen LogP contribution is -2.46. The second kappa shape index (κ2) is 51.2. The number of phosphoric acid groups is 1. The van der Waals surface area contributed by atoms with Gasteiger partial charge >= 0.3 is 19.8 Å². The van der Waals surface area contributed by atoms with E-state index in [1.807, 2.05) is 0 Å². The smallest absolute Gasteiger partial charge is 0.462 e. The molecule has 0 aliphatic carbocycles. The average molecular weight is 986 g/mol. The van der Waals surface area contributed by atoms with Gasteiger partial charge in [0.25, 0.3) is 0 Å². The second-order valence-electron chi connectivity index (χ2n) is 18.2. The van der Waals surface area contributed by atoms with Crippen molar-refractivity contribution < 1.29 is 42.0 Å². The number of carbonyl (C=O) groups is 3.